The molecule has 0 spiro atoms. The predicted molar refractivity (Wildman–Crippen MR) is 75.2 cm³/mol. The summed E-state index contributed by atoms with van der Waals surface area (Å²) in [6.07, 6.45) is -0.235. The lowest BCUT2D eigenvalue weighted by molar-refractivity contribution is -0.133. The molecule has 18 heavy (non-hydrogen) atoms. The van der Waals surface area contributed by atoms with Crippen LogP contribution in [0.3, 0.4) is 0 Å². The molecule has 0 unspecified atom stereocenters. The molecule has 1 rings (SSSR count). The normalized spacial score (nSPS) is 11.2. The Morgan fingerprint density at radius 2 is 1.67 bits per heavy atom. The molecule has 0 heterocycles. The van der Waals surface area contributed by atoms with E-state index in [4.69, 9.17) is 32.7 Å². The number of rotatable bonds is 8. The minimum Gasteiger partial charge on any atom is -0.352 e. The minimum absolute atomic E-state index is 0.235. The number of hydrogen-bond donors (Lipinski definition) is 1. The second-order valence-corrected chi connectivity index (χ2v) is 4.49. The van der Waals surface area contributed by atoms with Gasteiger partial charge < -0.3 is 14.8 Å². The maximum atomic E-state index is 6.08. The molecule has 5 heteroatoms. The molecule has 0 radical (unpaired) electrons. The van der Waals surface area contributed by atoms with Gasteiger partial charge in [-0.15, -0.1) is 0 Å². The summed E-state index contributed by atoms with van der Waals surface area (Å²) in [7, 11) is 0. The molecule has 0 bridgehead atoms. The average molecular weight is 292 g/mol. The fourth-order valence-electron chi connectivity index (χ4n) is 1.55. The van der Waals surface area contributed by atoms with Gasteiger partial charge in [-0.05, 0) is 26.0 Å². The topological polar surface area (TPSA) is 30.5 Å². The molecule has 0 amide bonds. The van der Waals surface area contributed by atoms with E-state index in [0.29, 0.717) is 36.3 Å². The number of hydrogen-bond acceptors (Lipinski definition) is 3. The van der Waals surface area contributed by atoms with Gasteiger partial charge in [0, 0.05) is 41.9 Å². The molecule has 1 N–H and O–H groups in total. The smallest absolute Gasteiger partial charge is 0.169 e. The molecule has 102 valence electrons. The maximum absolute atomic E-state index is 6.08. The van der Waals surface area contributed by atoms with Crippen molar-refractivity contribution in [3.63, 3.8) is 0 Å². The zero-order chi connectivity index (χ0) is 13.4. The van der Waals surface area contributed by atoms with E-state index in [1.165, 1.54) is 0 Å². The summed E-state index contributed by atoms with van der Waals surface area (Å²) in [5.74, 6) is 0. The van der Waals surface area contributed by atoms with Crippen LogP contribution in [-0.4, -0.2) is 26.0 Å². The van der Waals surface area contributed by atoms with E-state index in [1.54, 1.807) is 0 Å². The van der Waals surface area contributed by atoms with Crippen LogP contribution in [0.4, 0.5) is 0 Å². The lowest BCUT2D eigenvalue weighted by atomic mass is 10.2. The van der Waals surface area contributed by atoms with E-state index in [-0.39, 0.29) is 6.29 Å². The van der Waals surface area contributed by atoms with Crippen LogP contribution in [0.5, 0.6) is 0 Å². The van der Waals surface area contributed by atoms with Gasteiger partial charge in [-0.3, -0.25) is 0 Å². The molecule has 0 fully saturated rings. The van der Waals surface area contributed by atoms with E-state index in [1.807, 2.05) is 32.0 Å². The Balaban J connectivity index is 2.44. The highest BCUT2D eigenvalue weighted by atomic mass is 35.5. The molecule has 0 saturated carbocycles. The van der Waals surface area contributed by atoms with Gasteiger partial charge in [-0.25, -0.2) is 0 Å². The number of halogens is 2. The first-order chi connectivity index (χ1) is 8.69. The van der Waals surface area contributed by atoms with Crippen molar-refractivity contribution >= 4 is 23.2 Å². The highest BCUT2D eigenvalue weighted by Crippen LogP contribution is 2.23. The first-order valence-corrected chi connectivity index (χ1v) is 6.81. The summed E-state index contributed by atoms with van der Waals surface area (Å²) in [5, 5.41) is 4.57. The second kappa shape index (κ2) is 8.73. The Labute approximate surface area is 118 Å². The fourth-order valence-corrected chi connectivity index (χ4v) is 2.09. The molecule has 0 saturated heterocycles. The van der Waals surface area contributed by atoms with Gasteiger partial charge in [0.05, 0.1) is 0 Å². The Morgan fingerprint density at radius 3 is 2.17 bits per heavy atom. The zero-order valence-corrected chi connectivity index (χ0v) is 12.2. The maximum Gasteiger partial charge on any atom is 0.169 e. The van der Waals surface area contributed by atoms with Gasteiger partial charge in [0.1, 0.15) is 0 Å². The van der Waals surface area contributed by atoms with Crippen molar-refractivity contribution in [2.45, 2.75) is 26.7 Å². The molecule has 0 aromatic heterocycles. The van der Waals surface area contributed by atoms with E-state index in [9.17, 15) is 0 Å². The van der Waals surface area contributed by atoms with Crippen molar-refractivity contribution < 1.29 is 9.47 Å². The summed E-state index contributed by atoms with van der Waals surface area (Å²) in [5.41, 5.74) is 0.896. The van der Waals surface area contributed by atoms with Crippen LogP contribution in [-0.2, 0) is 16.0 Å². The second-order valence-electron chi connectivity index (χ2n) is 3.67. The van der Waals surface area contributed by atoms with Crippen LogP contribution in [0.25, 0.3) is 0 Å². The van der Waals surface area contributed by atoms with E-state index in [0.717, 1.165) is 5.56 Å². The van der Waals surface area contributed by atoms with Gasteiger partial charge in [0.2, 0.25) is 0 Å². The fraction of sp³-hybridized carbons (Fsp3) is 0.538. The summed E-state index contributed by atoms with van der Waals surface area (Å²) in [6.45, 7) is 6.32. The Kier molecular flexibility index (Phi) is 7.63. The lowest BCUT2D eigenvalue weighted by Gasteiger charge is -2.18. The van der Waals surface area contributed by atoms with Crippen molar-refractivity contribution in [3.8, 4) is 0 Å². The monoisotopic (exact) mass is 291 g/mol. The Morgan fingerprint density at radius 1 is 1.11 bits per heavy atom. The minimum atomic E-state index is -0.235. The highest BCUT2D eigenvalue weighted by Gasteiger charge is 2.09. The van der Waals surface area contributed by atoms with Crippen molar-refractivity contribution in [2.75, 3.05) is 19.8 Å². The summed E-state index contributed by atoms with van der Waals surface area (Å²) in [4.78, 5) is 0. The van der Waals surface area contributed by atoms with Crippen molar-refractivity contribution in [3.05, 3.63) is 33.8 Å². The third kappa shape index (κ3) is 5.12. The Hall–Kier alpha value is -0.320. The van der Waals surface area contributed by atoms with Crippen LogP contribution in [0.15, 0.2) is 18.2 Å². The molecular weight excluding hydrogens is 273 g/mol. The third-order valence-electron chi connectivity index (χ3n) is 2.38. The molecular formula is C13H19Cl2NO2. The van der Waals surface area contributed by atoms with E-state index < -0.39 is 0 Å². The number of nitrogens with one attached hydrogen (secondary N) is 1. The molecule has 0 aliphatic heterocycles. The van der Waals surface area contributed by atoms with Crippen molar-refractivity contribution in [1.82, 2.24) is 5.32 Å². The summed E-state index contributed by atoms with van der Waals surface area (Å²) < 4.78 is 10.9. The van der Waals surface area contributed by atoms with Gasteiger partial charge in [-0.1, -0.05) is 29.3 Å². The van der Waals surface area contributed by atoms with E-state index >= 15 is 0 Å². The van der Waals surface area contributed by atoms with Gasteiger partial charge in [0.25, 0.3) is 0 Å². The lowest BCUT2D eigenvalue weighted by Crippen LogP contribution is -2.31. The number of ether oxygens (including phenoxy) is 2. The first kappa shape index (κ1) is 15.7. The van der Waals surface area contributed by atoms with Gasteiger partial charge >= 0.3 is 0 Å². The van der Waals surface area contributed by atoms with Crippen LogP contribution in [0, 0.1) is 0 Å². The van der Waals surface area contributed by atoms with Gasteiger partial charge in [0.15, 0.2) is 6.29 Å². The van der Waals surface area contributed by atoms with Crippen LogP contribution < -0.4 is 5.32 Å². The SMILES string of the molecule is CCOC(CNCc1c(Cl)cccc1Cl)OCC. The van der Waals surface area contributed by atoms with Crippen LogP contribution in [0.1, 0.15) is 19.4 Å². The van der Waals surface area contributed by atoms with Crippen molar-refractivity contribution in [1.29, 1.82) is 0 Å². The quantitative estimate of drug-likeness (QED) is 0.744. The molecule has 0 aliphatic carbocycles. The summed E-state index contributed by atoms with van der Waals surface area (Å²) >= 11 is 12.2. The predicted octanol–water partition coefficient (Wildman–Crippen LogP) is 3.48. The first-order valence-electron chi connectivity index (χ1n) is 6.05. The van der Waals surface area contributed by atoms with Crippen LogP contribution >= 0.6 is 23.2 Å². The molecule has 1 aromatic rings. The largest absolute Gasteiger partial charge is 0.352 e. The third-order valence-corrected chi connectivity index (χ3v) is 3.09. The number of benzene rings is 1. The van der Waals surface area contributed by atoms with Crippen molar-refractivity contribution in [2.24, 2.45) is 0 Å². The zero-order valence-electron chi connectivity index (χ0n) is 10.7. The molecule has 3 nitrogen and oxygen atoms in total. The molecule has 0 atom stereocenters. The Bertz CT molecular complexity index is 335. The highest BCUT2D eigenvalue weighted by molar-refractivity contribution is 6.35. The average Bonchev–Trinajstić information content (AvgIpc) is 2.33. The van der Waals surface area contributed by atoms with Gasteiger partial charge in [-0.2, -0.15) is 0 Å². The van der Waals surface area contributed by atoms with E-state index in [2.05, 4.69) is 5.32 Å². The molecule has 1 aromatic carbocycles. The summed E-state index contributed by atoms with van der Waals surface area (Å²) in [6, 6.07) is 5.48. The standard InChI is InChI=1S/C13H19Cl2NO2/c1-3-17-13(18-4-2)9-16-8-10-11(14)6-5-7-12(10)15/h5-7,13,16H,3-4,8-9H2,1-2H3. The van der Waals surface area contributed by atoms with Crippen LogP contribution in [0.2, 0.25) is 10.0 Å². The molecule has 0 aliphatic rings.